The molecule has 0 aromatic heterocycles. The lowest BCUT2D eigenvalue weighted by Crippen LogP contribution is -2.47. The largest absolute Gasteiger partial charge is 0.416 e. The topological polar surface area (TPSA) is 95.6 Å². The van der Waals surface area contributed by atoms with Gasteiger partial charge in [-0.15, -0.1) is 0 Å². The second kappa shape index (κ2) is 8.19. The van der Waals surface area contributed by atoms with Crippen LogP contribution in [0.2, 0.25) is 0 Å². The number of sulfonamides is 1. The molecule has 0 unspecified atom stereocenters. The number of hydrogen-bond acceptors (Lipinski definition) is 4. The van der Waals surface area contributed by atoms with Crippen molar-refractivity contribution in [3.8, 4) is 0 Å². The summed E-state index contributed by atoms with van der Waals surface area (Å²) in [6.07, 6.45) is -2.75. The molecule has 0 radical (unpaired) electrons. The molecule has 11 heteroatoms. The molecule has 0 saturated carbocycles. The first-order valence-electron chi connectivity index (χ1n) is 7.22. The Hall–Kier alpha value is -2.30. The van der Waals surface area contributed by atoms with Crippen LogP contribution in [-0.2, 0) is 16.2 Å². The molecule has 1 aromatic carbocycles. The number of nitrogens with one attached hydrogen (secondary N) is 2. The van der Waals surface area contributed by atoms with Gasteiger partial charge in [-0.2, -0.15) is 13.2 Å². The third kappa shape index (κ3) is 6.61. The number of urea groups is 2. The maximum absolute atomic E-state index is 12.6. The molecule has 0 aliphatic rings. The van der Waals surface area contributed by atoms with E-state index in [1.54, 1.807) is 12.2 Å². The number of halogens is 3. The molecular formula is C14H18F3N3O4S. The van der Waals surface area contributed by atoms with Gasteiger partial charge in [-0.3, -0.25) is 5.32 Å². The van der Waals surface area contributed by atoms with Crippen LogP contribution in [0.1, 0.15) is 25.3 Å². The summed E-state index contributed by atoms with van der Waals surface area (Å²) in [5.41, 5.74) is -1.17. The molecule has 1 aromatic rings. The van der Waals surface area contributed by atoms with Crippen LogP contribution in [0.4, 0.5) is 28.4 Å². The number of rotatable bonds is 5. The van der Waals surface area contributed by atoms with E-state index >= 15 is 0 Å². The smallest absolute Gasteiger partial charge is 0.308 e. The van der Waals surface area contributed by atoms with Gasteiger partial charge in [-0.1, -0.05) is 19.4 Å². The molecule has 0 atom stereocenters. The minimum atomic E-state index is -4.59. The van der Waals surface area contributed by atoms with Crippen LogP contribution in [0, 0.1) is 0 Å². The van der Waals surface area contributed by atoms with Gasteiger partial charge in [0.15, 0.2) is 0 Å². The van der Waals surface area contributed by atoms with Crippen molar-refractivity contribution in [2.75, 3.05) is 18.1 Å². The highest BCUT2D eigenvalue weighted by Gasteiger charge is 2.30. The third-order valence-corrected chi connectivity index (χ3v) is 4.16. The van der Waals surface area contributed by atoms with E-state index in [-0.39, 0.29) is 12.2 Å². The predicted molar refractivity (Wildman–Crippen MR) is 85.5 cm³/mol. The van der Waals surface area contributed by atoms with E-state index in [0.29, 0.717) is 23.2 Å². The van der Waals surface area contributed by atoms with Crippen LogP contribution in [0.3, 0.4) is 0 Å². The van der Waals surface area contributed by atoms with Gasteiger partial charge in [-0.05, 0) is 24.6 Å². The van der Waals surface area contributed by atoms with Gasteiger partial charge in [0.05, 0.1) is 11.8 Å². The van der Waals surface area contributed by atoms with Crippen molar-refractivity contribution in [3.05, 3.63) is 29.8 Å². The number of carbonyl (C=O) groups is 2. The molecule has 0 spiro atoms. The fourth-order valence-corrected chi connectivity index (χ4v) is 2.62. The second-order valence-electron chi connectivity index (χ2n) is 5.15. The highest BCUT2D eigenvalue weighted by atomic mass is 32.2. The molecule has 2 N–H and O–H groups in total. The van der Waals surface area contributed by atoms with Crippen LogP contribution >= 0.6 is 0 Å². The number of hydrogen-bond donors (Lipinski definition) is 2. The summed E-state index contributed by atoms with van der Waals surface area (Å²) in [5, 5.41) is 3.83. The number of anilines is 1. The average molecular weight is 381 g/mol. The lowest BCUT2D eigenvalue weighted by molar-refractivity contribution is -0.137. The normalized spacial score (nSPS) is 11.7. The molecule has 0 heterocycles. The van der Waals surface area contributed by atoms with E-state index in [0.717, 1.165) is 18.4 Å². The van der Waals surface area contributed by atoms with E-state index in [1.165, 1.54) is 6.07 Å². The van der Waals surface area contributed by atoms with E-state index in [9.17, 15) is 31.2 Å². The molecule has 140 valence electrons. The minimum absolute atomic E-state index is 0.113. The van der Waals surface area contributed by atoms with Crippen molar-refractivity contribution >= 4 is 27.8 Å². The summed E-state index contributed by atoms with van der Waals surface area (Å²) in [6, 6.07) is 1.48. The standard InChI is InChI=1S/C14H18F3N3O4S/c1-3-4-8-20(25(2,23)24)13(22)19-12(21)18-11-7-5-6-10(9-11)14(15,16)17/h5-7,9H,3-4,8H2,1-2H3,(H2,18,19,21,22). The molecule has 0 bridgehead atoms. The summed E-state index contributed by atoms with van der Waals surface area (Å²) < 4.78 is 61.5. The molecule has 1 rings (SSSR count). The lowest BCUT2D eigenvalue weighted by Gasteiger charge is -2.20. The first kappa shape index (κ1) is 20.7. The van der Waals surface area contributed by atoms with E-state index in [4.69, 9.17) is 0 Å². The molecule has 0 aliphatic heterocycles. The average Bonchev–Trinajstić information content (AvgIpc) is 2.45. The summed E-state index contributed by atoms with van der Waals surface area (Å²) in [4.78, 5) is 23.7. The lowest BCUT2D eigenvalue weighted by atomic mass is 10.2. The van der Waals surface area contributed by atoms with Gasteiger partial charge in [0.1, 0.15) is 0 Å². The van der Waals surface area contributed by atoms with Crippen molar-refractivity contribution in [1.82, 2.24) is 9.62 Å². The molecule has 0 aliphatic carbocycles. The first-order chi connectivity index (χ1) is 11.4. The summed E-state index contributed by atoms with van der Waals surface area (Å²) in [6.45, 7) is 1.68. The monoisotopic (exact) mass is 381 g/mol. The maximum atomic E-state index is 12.6. The van der Waals surface area contributed by atoms with E-state index in [1.807, 2.05) is 0 Å². The zero-order chi connectivity index (χ0) is 19.3. The number of unbranched alkanes of at least 4 members (excludes halogenated alkanes) is 1. The minimum Gasteiger partial charge on any atom is -0.308 e. The van der Waals surface area contributed by atoms with E-state index in [2.05, 4.69) is 5.32 Å². The molecular weight excluding hydrogens is 363 g/mol. The summed E-state index contributed by atoms with van der Waals surface area (Å²) in [7, 11) is -3.89. The Bertz CT molecular complexity index is 735. The molecule has 7 nitrogen and oxygen atoms in total. The number of carbonyl (C=O) groups excluding carboxylic acids is 2. The predicted octanol–water partition coefficient (Wildman–Crippen LogP) is 3.01. The van der Waals surface area contributed by atoms with Crippen molar-refractivity contribution in [3.63, 3.8) is 0 Å². The van der Waals surface area contributed by atoms with Crippen molar-refractivity contribution in [2.24, 2.45) is 0 Å². The Morgan fingerprint density at radius 1 is 1.24 bits per heavy atom. The Morgan fingerprint density at radius 3 is 2.40 bits per heavy atom. The van der Waals surface area contributed by atoms with Crippen LogP contribution in [0.5, 0.6) is 0 Å². The van der Waals surface area contributed by atoms with Gasteiger partial charge in [0.2, 0.25) is 10.0 Å². The van der Waals surface area contributed by atoms with Gasteiger partial charge in [0, 0.05) is 12.2 Å². The first-order valence-corrected chi connectivity index (χ1v) is 9.07. The Labute approximate surface area is 143 Å². The van der Waals surface area contributed by atoms with Crippen LogP contribution < -0.4 is 10.6 Å². The van der Waals surface area contributed by atoms with Crippen molar-refractivity contribution in [1.29, 1.82) is 0 Å². The number of benzene rings is 1. The highest BCUT2D eigenvalue weighted by molar-refractivity contribution is 7.88. The number of imide groups is 1. The Balaban J connectivity index is 2.80. The maximum Gasteiger partial charge on any atom is 0.416 e. The molecule has 4 amide bonds. The quantitative estimate of drug-likeness (QED) is 0.820. The summed E-state index contributed by atoms with van der Waals surface area (Å²) in [5.74, 6) is 0. The SMILES string of the molecule is CCCCN(C(=O)NC(=O)Nc1cccc(C(F)(F)F)c1)S(C)(=O)=O. The molecule has 0 fully saturated rings. The zero-order valence-corrected chi connectivity index (χ0v) is 14.4. The molecule has 25 heavy (non-hydrogen) atoms. The zero-order valence-electron chi connectivity index (χ0n) is 13.6. The summed E-state index contributed by atoms with van der Waals surface area (Å²) >= 11 is 0. The van der Waals surface area contributed by atoms with Gasteiger partial charge in [-0.25, -0.2) is 22.3 Å². The van der Waals surface area contributed by atoms with Crippen LogP contribution in [0.15, 0.2) is 24.3 Å². The van der Waals surface area contributed by atoms with Crippen LogP contribution in [0.25, 0.3) is 0 Å². The number of nitrogens with zero attached hydrogens (tertiary/aromatic N) is 1. The Morgan fingerprint density at radius 2 is 1.88 bits per heavy atom. The van der Waals surface area contributed by atoms with Crippen molar-refractivity contribution < 1.29 is 31.2 Å². The number of amides is 4. The third-order valence-electron chi connectivity index (χ3n) is 3.01. The van der Waals surface area contributed by atoms with Crippen molar-refractivity contribution in [2.45, 2.75) is 25.9 Å². The fourth-order valence-electron chi connectivity index (χ4n) is 1.81. The molecule has 0 saturated heterocycles. The highest BCUT2D eigenvalue weighted by Crippen LogP contribution is 2.30. The van der Waals surface area contributed by atoms with Crippen LogP contribution in [-0.4, -0.2) is 37.6 Å². The van der Waals surface area contributed by atoms with Gasteiger partial charge < -0.3 is 5.32 Å². The number of alkyl halides is 3. The second-order valence-corrected chi connectivity index (χ2v) is 7.06. The Kier molecular flexibility index (Phi) is 6.79. The van der Waals surface area contributed by atoms with E-state index < -0.39 is 33.8 Å². The fraction of sp³-hybridized carbons (Fsp3) is 0.429. The van der Waals surface area contributed by atoms with Gasteiger partial charge >= 0.3 is 18.2 Å². The van der Waals surface area contributed by atoms with Gasteiger partial charge in [0.25, 0.3) is 0 Å².